The minimum Gasteiger partial charge on any atom is -0.195 e. The van der Waals surface area contributed by atoms with Crippen molar-refractivity contribution in [2.24, 2.45) is 0 Å². The maximum atomic E-state index is 13.7. The van der Waals surface area contributed by atoms with E-state index in [9.17, 15) is 74.6 Å². The van der Waals surface area contributed by atoms with Crippen molar-refractivity contribution in [2.75, 3.05) is 0 Å². The third-order valence-corrected chi connectivity index (χ3v) is 4.57. The molecule has 1 aromatic rings. The van der Waals surface area contributed by atoms with Gasteiger partial charge in [-0.15, -0.1) is 0 Å². The second-order valence-corrected chi connectivity index (χ2v) is 7.37. The lowest BCUT2D eigenvalue weighted by Gasteiger charge is -2.42. The van der Waals surface area contributed by atoms with Gasteiger partial charge in [-0.2, -0.15) is 74.6 Å². The van der Waals surface area contributed by atoms with Gasteiger partial charge in [-0.05, 0) is 23.8 Å². The minimum atomic E-state index is -8.63. The van der Waals surface area contributed by atoms with Crippen molar-refractivity contribution in [3.05, 3.63) is 40.4 Å². The molecule has 1 aromatic carbocycles. The maximum absolute atomic E-state index is 13.7. The number of alkyl halides is 17. The fraction of sp³-hybridized carbons (Fsp3) is 0.500. The van der Waals surface area contributed by atoms with Crippen molar-refractivity contribution in [2.45, 2.75) is 47.6 Å². The van der Waals surface area contributed by atoms with Crippen LogP contribution < -0.4 is 0 Å². The van der Waals surface area contributed by atoms with Crippen LogP contribution in [0.4, 0.5) is 74.6 Å². The highest BCUT2D eigenvalue weighted by atomic mass is 79.9. The molecule has 196 valence electrons. The van der Waals surface area contributed by atoms with Gasteiger partial charge in [0.15, 0.2) is 0 Å². The summed E-state index contributed by atoms with van der Waals surface area (Å²) in [4.78, 5) is 0. The van der Waals surface area contributed by atoms with Crippen molar-refractivity contribution >= 4 is 22.0 Å². The summed E-state index contributed by atoms with van der Waals surface area (Å²) < 4.78 is 223. The highest BCUT2D eigenvalue weighted by Gasteiger charge is 2.95. The van der Waals surface area contributed by atoms with Crippen LogP contribution in [0.2, 0.25) is 0 Å². The Labute approximate surface area is 185 Å². The first-order valence-corrected chi connectivity index (χ1v) is 8.68. The Morgan fingerprint density at radius 3 is 1.29 bits per heavy atom. The van der Waals surface area contributed by atoms with E-state index >= 15 is 0 Å². The Kier molecular flexibility index (Phi) is 7.51. The number of benzene rings is 1. The van der Waals surface area contributed by atoms with Crippen molar-refractivity contribution in [3.8, 4) is 0 Å². The first kappa shape index (κ1) is 30.3. The van der Waals surface area contributed by atoms with Gasteiger partial charge >= 0.3 is 47.6 Å². The molecule has 0 bridgehead atoms. The Morgan fingerprint density at radius 1 is 0.529 bits per heavy atom. The summed E-state index contributed by atoms with van der Waals surface area (Å²) in [6.45, 7) is 0. The van der Waals surface area contributed by atoms with Crippen LogP contribution in [-0.2, 0) is 0 Å². The molecule has 0 spiro atoms. The average molecular weight is 601 g/mol. The molecule has 0 radical (unpaired) electrons. The summed E-state index contributed by atoms with van der Waals surface area (Å²) in [7, 11) is 0. The smallest absolute Gasteiger partial charge is 0.195 e. The minimum absolute atomic E-state index is 0.0778. The molecular weight excluding hydrogens is 595 g/mol. The summed E-state index contributed by atoms with van der Waals surface area (Å²) in [6.07, 6.45) is -9.11. The number of halogens is 18. The molecule has 0 aliphatic heterocycles. The number of hydrogen-bond donors (Lipinski definition) is 0. The topological polar surface area (TPSA) is 0 Å². The number of allylic oxidation sites excluding steroid dienone is 1. The van der Waals surface area contributed by atoms with Gasteiger partial charge < -0.3 is 0 Å². The molecule has 0 unspecified atom stereocenters. The van der Waals surface area contributed by atoms with Gasteiger partial charge in [-0.25, -0.2) is 0 Å². The van der Waals surface area contributed by atoms with Crippen LogP contribution in [0.15, 0.2) is 34.8 Å². The van der Waals surface area contributed by atoms with E-state index in [2.05, 4.69) is 15.9 Å². The molecule has 0 atom stereocenters. The lowest BCUT2D eigenvalue weighted by atomic mass is 9.89. The normalized spacial score (nSPS) is 15.8. The molecule has 18 heteroatoms. The molecule has 0 saturated carbocycles. The van der Waals surface area contributed by atoms with Crippen molar-refractivity contribution in [3.63, 3.8) is 0 Å². The zero-order chi connectivity index (χ0) is 27.4. The summed E-state index contributed by atoms with van der Waals surface area (Å²) in [5.74, 6) is -56.5. The third kappa shape index (κ3) is 4.34. The molecule has 1 rings (SSSR count). The first-order chi connectivity index (χ1) is 14.7. The van der Waals surface area contributed by atoms with E-state index in [-0.39, 0.29) is 10.5 Å². The van der Waals surface area contributed by atoms with Crippen molar-refractivity contribution < 1.29 is 74.6 Å². The van der Waals surface area contributed by atoms with E-state index in [0.29, 0.717) is 0 Å². The molecule has 34 heavy (non-hydrogen) atoms. The number of rotatable bonds is 8. The third-order valence-electron chi connectivity index (χ3n) is 4.08. The van der Waals surface area contributed by atoms with E-state index in [4.69, 9.17) is 0 Å². The van der Waals surface area contributed by atoms with Crippen LogP contribution in [0.5, 0.6) is 0 Å². The molecule has 0 heterocycles. The Morgan fingerprint density at radius 2 is 0.912 bits per heavy atom. The highest BCUT2D eigenvalue weighted by molar-refractivity contribution is 9.10. The van der Waals surface area contributed by atoms with Gasteiger partial charge in [0, 0.05) is 4.47 Å². The van der Waals surface area contributed by atoms with Crippen LogP contribution in [0.25, 0.3) is 6.08 Å². The summed E-state index contributed by atoms with van der Waals surface area (Å²) in [5, 5.41) is 0. The Hall–Kier alpha value is -1.75. The summed E-state index contributed by atoms with van der Waals surface area (Å²) >= 11 is 2.77. The molecule has 0 saturated heterocycles. The van der Waals surface area contributed by atoms with Gasteiger partial charge in [0.05, 0.1) is 0 Å². The fourth-order valence-electron chi connectivity index (χ4n) is 2.09. The van der Waals surface area contributed by atoms with Crippen LogP contribution in [0.1, 0.15) is 5.56 Å². The van der Waals surface area contributed by atoms with E-state index in [1.165, 1.54) is 6.07 Å². The van der Waals surface area contributed by atoms with E-state index < -0.39 is 59.3 Å². The van der Waals surface area contributed by atoms with Crippen LogP contribution in [0.3, 0.4) is 0 Å². The van der Waals surface area contributed by atoms with E-state index in [1.807, 2.05) is 0 Å². The SMILES string of the molecule is FC(F)(F)C(F)(F)C(F)(F)C(F)(F)C(F)(F)C(F)(F)C(F)(F)C(F)(F)/C=C/c1cccc(Br)c1. The van der Waals surface area contributed by atoms with Crippen LogP contribution in [0, 0.1) is 0 Å². The quantitative estimate of drug-likeness (QED) is 0.263. The van der Waals surface area contributed by atoms with Crippen molar-refractivity contribution in [1.82, 2.24) is 0 Å². The molecule has 0 aromatic heterocycles. The lowest BCUT2D eigenvalue weighted by molar-refractivity contribution is -0.459. The van der Waals surface area contributed by atoms with Gasteiger partial charge in [0.2, 0.25) is 0 Å². The van der Waals surface area contributed by atoms with Gasteiger partial charge in [-0.3, -0.25) is 0 Å². The monoisotopic (exact) mass is 600 g/mol. The predicted octanol–water partition coefficient (Wildman–Crippen LogP) is 8.47. The molecule has 0 amide bonds. The van der Waals surface area contributed by atoms with Crippen molar-refractivity contribution in [1.29, 1.82) is 0 Å². The molecular formula is C16H6BrF17. The highest BCUT2D eigenvalue weighted by Crippen LogP contribution is 2.64. The molecule has 0 nitrogen and oxygen atoms in total. The summed E-state index contributed by atoms with van der Waals surface area (Å²) in [6, 6.07) is 4.02. The zero-order valence-electron chi connectivity index (χ0n) is 15.3. The molecule has 0 N–H and O–H groups in total. The largest absolute Gasteiger partial charge is 0.460 e. The number of hydrogen-bond acceptors (Lipinski definition) is 0. The lowest BCUT2D eigenvalue weighted by Crippen LogP contribution is -2.74. The zero-order valence-corrected chi connectivity index (χ0v) is 16.9. The van der Waals surface area contributed by atoms with E-state index in [0.717, 1.165) is 18.2 Å². The van der Waals surface area contributed by atoms with Crippen LogP contribution in [-0.4, -0.2) is 47.6 Å². The Balaban J connectivity index is 3.59. The Bertz CT molecular complexity index is 912. The van der Waals surface area contributed by atoms with Gasteiger partial charge in [-0.1, -0.05) is 34.1 Å². The summed E-state index contributed by atoms with van der Waals surface area (Å²) in [5.41, 5.74) is -0.499. The van der Waals surface area contributed by atoms with Gasteiger partial charge in [0.25, 0.3) is 0 Å². The van der Waals surface area contributed by atoms with Gasteiger partial charge in [0.1, 0.15) is 0 Å². The molecule has 0 aliphatic carbocycles. The first-order valence-electron chi connectivity index (χ1n) is 7.88. The van der Waals surface area contributed by atoms with Crippen LogP contribution >= 0.6 is 15.9 Å². The fourth-order valence-corrected chi connectivity index (χ4v) is 2.51. The molecule has 0 fully saturated rings. The standard InChI is InChI=1S/C16H6BrF17/c17-8-3-1-2-7(6-8)4-5-9(18,19)10(20,21)11(22,23)12(24,25)13(26,27)14(28,29)15(30,31)16(32,33)34/h1-6H/b5-4+. The predicted molar refractivity (Wildman–Crippen MR) is 83.9 cm³/mol. The second kappa shape index (κ2) is 8.43. The molecule has 0 aliphatic rings. The maximum Gasteiger partial charge on any atom is 0.460 e. The average Bonchev–Trinajstić information content (AvgIpc) is 2.64. The van der Waals surface area contributed by atoms with E-state index in [1.54, 1.807) is 0 Å². The second-order valence-electron chi connectivity index (χ2n) is 6.46.